The fourth-order valence-electron chi connectivity index (χ4n) is 4.30. The minimum absolute atomic E-state index is 0.0271. The fraction of sp³-hybridized carbons (Fsp3) is 0.148. The van der Waals surface area contributed by atoms with Crippen molar-refractivity contribution in [1.82, 2.24) is 10.3 Å². The largest absolute Gasteiger partial charge is 0.459 e. The van der Waals surface area contributed by atoms with E-state index in [2.05, 4.69) is 31.5 Å². The van der Waals surface area contributed by atoms with Crippen LogP contribution >= 0.6 is 28.1 Å². The number of carbonyl (C=O) groups is 1. The minimum atomic E-state index is -0.357. The van der Waals surface area contributed by atoms with E-state index in [1.807, 2.05) is 47.4 Å². The molecule has 4 aromatic rings. The predicted molar refractivity (Wildman–Crippen MR) is 147 cm³/mol. The summed E-state index contributed by atoms with van der Waals surface area (Å²) in [5.74, 6) is 0.676. The number of pyridine rings is 1. The zero-order valence-corrected chi connectivity index (χ0v) is 22.1. The highest BCUT2D eigenvalue weighted by molar-refractivity contribution is 9.10. The van der Waals surface area contributed by atoms with E-state index < -0.39 is 0 Å². The van der Waals surface area contributed by atoms with Crippen LogP contribution in [0.2, 0.25) is 0 Å². The number of furan rings is 1. The molecule has 0 saturated carbocycles. The van der Waals surface area contributed by atoms with Gasteiger partial charge in [-0.25, -0.2) is 4.39 Å². The number of anilines is 2. The third-order valence-electron chi connectivity index (χ3n) is 5.92. The summed E-state index contributed by atoms with van der Waals surface area (Å²) in [5, 5.41) is 6.69. The Kier molecular flexibility index (Phi) is 7.31. The van der Waals surface area contributed by atoms with E-state index in [0.29, 0.717) is 26.8 Å². The van der Waals surface area contributed by atoms with Crippen molar-refractivity contribution in [3.05, 3.63) is 101 Å². The Morgan fingerprint density at radius 1 is 1.19 bits per heavy atom. The summed E-state index contributed by atoms with van der Waals surface area (Å²) >= 11 is 9.18. The maximum atomic E-state index is 13.6. The van der Waals surface area contributed by atoms with Gasteiger partial charge in [0.1, 0.15) is 30.0 Å². The molecule has 0 unspecified atom stereocenters. The summed E-state index contributed by atoms with van der Waals surface area (Å²) in [7, 11) is 1.47. The average Bonchev–Trinajstić information content (AvgIpc) is 3.50. The molecule has 5 rings (SSSR count). The van der Waals surface area contributed by atoms with Gasteiger partial charge in [-0.2, -0.15) is 0 Å². The topological polar surface area (TPSA) is 79.6 Å². The lowest BCUT2D eigenvalue weighted by Crippen LogP contribution is -2.29. The molecule has 1 saturated heterocycles. The number of nitrogens with zero attached hydrogens (tertiary/aromatic N) is 2. The first kappa shape index (κ1) is 25.1. The van der Waals surface area contributed by atoms with Crippen molar-refractivity contribution in [1.29, 1.82) is 0 Å². The normalized spacial score (nSPS) is 17.1. The second-order valence-corrected chi connectivity index (χ2v) is 9.59. The number of benzene rings is 2. The molecule has 2 N–H and O–H groups in total. The number of aromatic nitrogens is 1. The van der Waals surface area contributed by atoms with E-state index in [1.54, 1.807) is 24.4 Å². The van der Waals surface area contributed by atoms with Crippen LogP contribution in [0.1, 0.15) is 23.5 Å². The van der Waals surface area contributed by atoms with Crippen molar-refractivity contribution in [2.75, 3.05) is 23.9 Å². The molecular weight excluding hydrogens is 559 g/mol. The first-order chi connectivity index (χ1) is 17.9. The predicted octanol–water partition coefficient (Wildman–Crippen LogP) is 6.01. The molecule has 1 amide bonds. The lowest BCUT2D eigenvalue weighted by atomic mass is 10.0. The third-order valence-corrected chi connectivity index (χ3v) is 6.89. The molecule has 2 aromatic heterocycles. The first-order valence-corrected chi connectivity index (χ1v) is 12.6. The average molecular weight is 581 g/mol. The molecule has 1 aliphatic rings. The number of rotatable bonds is 7. The van der Waals surface area contributed by atoms with Gasteiger partial charge in [0.15, 0.2) is 5.11 Å². The lowest BCUT2D eigenvalue weighted by molar-refractivity contribution is -0.119. The van der Waals surface area contributed by atoms with Crippen molar-refractivity contribution in [2.24, 2.45) is 0 Å². The zero-order chi connectivity index (χ0) is 25.9. The van der Waals surface area contributed by atoms with E-state index in [-0.39, 0.29) is 30.4 Å². The first-order valence-electron chi connectivity index (χ1n) is 11.4. The van der Waals surface area contributed by atoms with Gasteiger partial charge < -0.3 is 24.7 Å². The van der Waals surface area contributed by atoms with Gasteiger partial charge in [-0.1, -0.05) is 6.07 Å². The molecule has 0 radical (unpaired) electrons. The second-order valence-electron chi connectivity index (χ2n) is 8.35. The van der Waals surface area contributed by atoms with Gasteiger partial charge in [0.25, 0.3) is 0 Å². The SMILES string of the molecule is COCC(=O)Nc1ccc(N2C(=S)N[C@@H](c3ccccn3)[C@H]2c2ccc(-c3ccc(F)cc3Br)o2)cc1. The molecule has 0 spiro atoms. The Morgan fingerprint density at radius 3 is 2.70 bits per heavy atom. The summed E-state index contributed by atoms with van der Waals surface area (Å²) < 4.78 is 25.5. The number of halogens is 2. The van der Waals surface area contributed by atoms with Crippen LogP contribution in [0.5, 0.6) is 0 Å². The van der Waals surface area contributed by atoms with Crippen LogP contribution in [0.15, 0.2) is 87.9 Å². The summed E-state index contributed by atoms with van der Waals surface area (Å²) in [6.45, 7) is -0.0271. The Balaban J connectivity index is 1.52. The molecule has 7 nitrogen and oxygen atoms in total. The number of hydrogen-bond acceptors (Lipinski definition) is 5. The third kappa shape index (κ3) is 5.27. The summed E-state index contributed by atoms with van der Waals surface area (Å²) in [5.41, 5.74) is 3.00. The van der Waals surface area contributed by atoms with Crippen molar-refractivity contribution in [3.63, 3.8) is 0 Å². The molecule has 37 heavy (non-hydrogen) atoms. The fourth-order valence-corrected chi connectivity index (χ4v) is 5.19. The van der Waals surface area contributed by atoms with E-state index in [0.717, 1.165) is 16.9 Å². The molecule has 3 heterocycles. The van der Waals surface area contributed by atoms with Crippen LogP contribution in [-0.2, 0) is 9.53 Å². The van der Waals surface area contributed by atoms with Crippen molar-refractivity contribution >= 4 is 50.5 Å². The van der Waals surface area contributed by atoms with Gasteiger partial charge in [0.05, 0.1) is 11.7 Å². The maximum absolute atomic E-state index is 13.6. The second kappa shape index (κ2) is 10.8. The molecule has 188 valence electrons. The van der Waals surface area contributed by atoms with Crippen LogP contribution in [0.3, 0.4) is 0 Å². The van der Waals surface area contributed by atoms with Crippen molar-refractivity contribution < 1.29 is 18.3 Å². The number of methoxy groups -OCH3 is 1. The van der Waals surface area contributed by atoms with Gasteiger partial charge in [-0.15, -0.1) is 0 Å². The van der Waals surface area contributed by atoms with Crippen LogP contribution in [0, 0.1) is 5.82 Å². The monoisotopic (exact) mass is 580 g/mol. The highest BCUT2D eigenvalue weighted by atomic mass is 79.9. The molecular formula is C27H22BrFN4O3S. The van der Waals surface area contributed by atoms with Crippen LogP contribution in [0.25, 0.3) is 11.3 Å². The van der Waals surface area contributed by atoms with Crippen LogP contribution in [-0.4, -0.2) is 29.7 Å². The van der Waals surface area contributed by atoms with Gasteiger partial charge in [-0.3, -0.25) is 9.78 Å². The van der Waals surface area contributed by atoms with Crippen LogP contribution < -0.4 is 15.5 Å². The number of nitrogens with one attached hydrogen (secondary N) is 2. The summed E-state index contributed by atoms with van der Waals surface area (Å²) in [6.07, 6.45) is 1.74. The Labute approximate surface area is 226 Å². The minimum Gasteiger partial charge on any atom is -0.459 e. The standard InChI is InChI=1S/C27H22BrFN4O3S/c1-35-15-24(34)31-17-6-8-18(9-7-17)33-26(25(32-27(33)37)21-4-2-3-13-30-21)23-12-11-22(36-23)19-10-5-16(29)14-20(19)28/h2-14,25-26H,15H2,1H3,(H,31,34)(H,32,37)/t25-,26+/m0/s1. The maximum Gasteiger partial charge on any atom is 0.250 e. The number of carbonyl (C=O) groups excluding carboxylic acids is 1. The van der Waals surface area contributed by atoms with Crippen molar-refractivity contribution in [2.45, 2.75) is 12.1 Å². The van der Waals surface area contributed by atoms with Gasteiger partial charge in [0, 0.05) is 34.7 Å². The molecule has 0 bridgehead atoms. The van der Waals surface area contributed by atoms with E-state index >= 15 is 0 Å². The Bertz CT molecular complexity index is 1430. The molecule has 1 aliphatic heterocycles. The van der Waals surface area contributed by atoms with Gasteiger partial charge >= 0.3 is 0 Å². The number of thiocarbonyl (C=S) groups is 1. The lowest BCUT2D eigenvalue weighted by Gasteiger charge is -2.26. The quantitative estimate of drug-likeness (QED) is 0.259. The number of ether oxygens (including phenoxy) is 1. The molecule has 2 atom stereocenters. The highest BCUT2D eigenvalue weighted by Crippen LogP contribution is 2.43. The molecule has 0 aliphatic carbocycles. The van der Waals surface area contributed by atoms with E-state index in [4.69, 9.17) is 21.4 Å². The summed E-state index contributed by atoms with van der Waals surface area (Å²) in [4.78, 5) is 18.4. The van der Waals surface area contributed by atoms with Crippen LogP contribution in [0.4, 0.5) is 15.8 Å². The Morgan fingerprint density at radius 2 is 2.00 bits per heavy atom. The molecule has 10 heteroatoms. The number of amides is 1. The van der Waals surface area contributed by atoms with Gasteiger partial charge in [0.2, 0.25) is 5.91 Å². The molecule has 1 fully saturated rings. The smallest absolute Gasteiger partial charge is 0.250 e. The number of hydrogen-bond donors (Lipinski definition) is 2. The van der Waals surface area contributed by atoms with E-state index in [9.17, 15) is 9.18 Å². The van der Waals surface area contributed by atoms with E-state index in [1.165, 1.54) is 19.2 Å². The van der Waals surface area contributed by atoms with Gasteiger partial charge in [-0.05, 0) is 94.9 Å². The summed E-state index contributed by atoms with van der Waals surface area (Å²) in [6, 6.07) is 20.7. The molecule has 2 aromatic carbocycles. The zero-order valence-electron chi connectivity index (χ0n) is 19.7. The highest BCUT2D eigenvalue weighted by Gasteiger charge is 2.42. The van der Waals surface area contributed by atoms with Crippen molar-refractivity contribution in [3.8, 4) is 11.3 Å². The Hall–Kier alpha value is -3.60.